The maximum absolute atomic E-state index is 12.9. The molecular formula is C21H25NO6S. The largest absolute Gasteiger partial charge is 0.494 e. The van der Waals surface area contributed by atoms with E-state index >= 15 is 0 Å². The second-order valence-electron chi connectivity index (χ2n) is 6.90. The number of nitrogens with zero attached hydrogens (tertiary/aromatic N) is 1. The summed E-state index contributed by atoms with van der Waals surface area (Å²) in [6.45, 7) is 6.73. The van der Waals surface area contributed by atoms with Crippen molar-refractivity contribution in [1.29, 1.82) is 0 Å². The van der Waals surface area contributed by atoms with E-state index in [0.29, 0.717) is 31.2 Å². The summed E-state index contributed by atoms with van der Waals surface area (Å²) in [5.41, 5.74) is 0.265. The van der Waals surface area contributed by atoms with E-state index in [1.165, 1.54) is 28.6 Å². The highest BCUT2D eigenvalue weighted by atomic mass is 32.2. The Labute approximate surface area is 171 Å². The van der Waals surface area contributed by atoms with Crippen LogP contribution in [0.4, 0.5) is 0 Å². The molecule has 0 unspecified atom stereocenters. The minimum absolute atomic E-state index is 0.136. The molecule has 3 rings (SSSR count). The molecule has 0 radical (unpaired) electrons. The molecule has 0 aromatic heterocycles. The maximum atomic E-state index is 12.9. The zero-order valence-corrected chi connectivity index (χ0v) is 17.5. The number of esters is 1. The van der Waals surface area contributed by atoms with Crippen LogP contribution in [-0.4, -0.2) is 50.6 Å². The van der Waals surface area contributed by atoms with Crippen LogP contribution in [0.25, 0.3) is 0 Å². The Balaban J connectivity index is 1.69. The minimum atomic E-state index is -3.65. The third kappa shape index (κ3) is 5.14. The molecule has 0 amide bonds. The number of ether oxygens (including phenoxy) is 3. The van der Waals surface area contributed by atoms with E-state index in [1.807, 2.05) is 20.8 Å². The van der Waals surface area contributed by atoms with E-state index in [1.54, 1.807) is 24.3 Å². The molecule has 1 aliphatic rings. The van der Waals surface area contributed by atoms with E-state index < -0.39 is 16.0 Å². The number of carbonyl (C=O) groups is 1. The molecule has 29 heavy (non-hydrogen) atoms. The van der Waals surface area contributed by atoms with Gasteiger partial charge in [-0.05, 0) is 69.3 Å². The summed E-state index contributed by atoms with van der Waals surface area (Å²) in [5, 5.41) is 0. The summed E-state index contributed by atoms with van der Waals surface area (Å²) < 4.78 is 43.5. The van der Waals surface area contributed by atoms with Crippen LogP contribution in [0.1, 0.15) is 31.1 Å². The lowest BCUT2D eigenvalue weighted by Gasteiger charge is -2.34. The van der Waals surface area contributed by atoms with Crippen LogP contribution in [-0.2, 0) is 14.8 Å². The van der Waals surface area contributed by atoms with Gasteiger partial charge in [-0.15, -0.1) is 0 Å². The first kappa shape index (κ1) is 21.3. The van der Waals surface area contributed by atoms with Gasteiger partial charge in [-0.25, -0.2) is 13.2 Å². The van der Waals surface area contributed by atoms with Gasteiger partial charge in [0.2, 0.25) is 10.0 Å². The highest BCUT2D eigenvalue weighted by Gasteiger charge is 2.32. The van der Waals surface area contributed by atoms with Gasteiger partial charge in [0.05, 0.1) is 29.3 Å². The van der Waals surface area contributed by atoms with E-state index in [0.717, 1.165) is 0 Å². The first-order chi connectivity index (χ1) is 13.8. The van der Waals surface area contributed by atoms with Crippen LogP contribution in [0.15, 0.2) is 53.4 Å². The van der Waals surface area contributed by atoms with Crippen molar-refractivity contribution >= 4 is 16.0 Å². The predicted molar refractivity (Wildman–Crippen MR) is 108 cm³/mol. The molecule has 0 N–H and O–H groups in total. The van der Waals surface area contributed by atoms with Gasteiger partial charge in [0.1, 0.15) is 11.5 Å². The van der Waals surface area contributed by atoms with Crippen molar-refractivity contribution in [3.05, 3.63) is 54.1 Å². The summed E-state index contributed by atoms with van der Waals surface area (Å²) in [7, 11) is -3.65. The van der Waals surface area contributed by atoms with Crippen LogP contribution >= 0.6 is 0 Å². The van der Waals surface area contributed by atoms with E-state index in [2.05, 4.69) is 0 Å². The lowest BCUT2D eigenvalue weighted by Crippen LogP contribution is -2.48. The molecule has 0 spiro atoms. The lowest BCUT2D eigenvalue weighted by molar-refractivity contribution is -0.0440. The monoisotopic (exact) mass is 419 g/mol. The average molecular weight is 419 g/mol. The van der Waals surface area contributed by atoms with Gasteiger partial charge >= 0.3 is 5.97 Å². The fourth-order valence-corrected chi connectivity index (χ4v) is 4.77. The molecule has 0 saturated carbocycles. The van der Waals surface area contributed by atoms with Gasteiger partial charge in [-0.1, -0.05) is 0 Å². The van der Waals surface area contributed by atoms with Crippen LogP contribution < -0.4 is 9.47 Å². The Morgan fingerprint density at radius 1 is 1.00 bits per heavy atom. The third-order valence-electron chi connectivity index (χ3n) is 4.46. The fourth-order valence-electron chi connectivity index (χ4n) is 3.18. The van der Waals surface area contributed by atoms with Gasteiger partial charge < -0.3 is 14.2 Å². The molecule has 1 saturated heterocycles. The zero-order valence-electron chi connectivity index (χ0n) is 16.7. The summed E-state index contributed by atoms with van der Waals surface area (Å²) in [6, 6.07) is 12.5. The molecule has 1 aliphatic heterocycles. The Bertz CT molecular complexity index is 930. The highest BCUT2D eigenvalue weighted by molar-refractivity contribution is 7.89. The summed E-state index contributed by atoms with van der Waals surface area (Å²) in [6.07, 6.45) is -0.339. The van der Waals surface area contributed by atoms with Crippen molar-refractivity contribution in [2.24, 2.45) is 0 Å². The number of benzene rings is 2. The van der Waals surface area contributed by atoms with Crippen LogP contribution in [0.3, 0.4) is 0 Å². The van der Waals surface area contributed by atoms with Crippen molar-refractivity contribution < 1.29 is 27.4 Å². The molecule has 8 heteroatoms. The molecule has 2 aromatic carbocycles. The van der Waals surface area contributed by atoms with Gasteiger partial charge in [0.25, 0.3) is 0 Å². The van der Waals surface area contributed by atoms with Crippen molar-refractivity contribution in [3.8, 4) is 11.5 Å². The summed E-state index contributed by atoms with van der Waals surface area (Å²) >= 11 is 0. The Hall–Kier alpha value is -2.42. The average Bonchev–Trinajstić information content (AvgIpc) is 2.69. The molecule has 2 aromatic rings. The van der Waals surface area contributed by atoms with Gasteiger partial charge in [0, 0.05) is 13.1 Å². The van der Waals surface area contributed by atoms with Crippen LogP contribution in [0.2, 0.25) is 0 Å². The normalized spacial score (nSPS) is 20.2. The Kier molecular flexibility index (Phi) is 6.56. The number of hydrogen-bond acceptors (Lipinski definition) is 6. The van der Waals surface area contributed by atoms with E-state index in [-0.39, 0.29) is 22.7 Å². The second kappa shape index (κ2) is 8.94. The van der Waals surface area contributed by atoms with Crippen molar-refractivity contribution in [1.82, 2.24) is 4.31 Å². The first-order valence-electron chi connectivity index (χ1n) is 9.50. The molecule has 0 aliphatic carbocycles. The maximum Gasteiger partial charge on any atom is 0.343 e. The predicted octanol–water partition coefficient (Wildman–Crippen LogP) is 3.10. The number of hydrogen-bond donors (Lipinski definition) is 0. The first-order valence-corrected chi connectivity index (χ1v) is 10.9. The smallest absolute Gasteiger partial charge is 0.343 e. The SMILES string of the molecule is CCOc1ccc(OC(=O)c2ccc(S(=O)(=O)N3C[C@@H](C)O[C@H](C)C3)cc2)cc1. The summed E-state index contributed by atoms with van der Waals surface area (Å²) in [4.78, 5) is 12.5. The van der Waals surface area contributed by atoms with Gasteiger partial charge in [-0.2, -0.15) is 4.31 Å². The van der Waals surface area contributed by atoms with E-state index in [4.69, 9.17) is 14.2 Å². The lowest BCUT2D eigenvalue weighted by atomic mass is 10.2. The molecule has 1 heterocycles. The quantitative estimate of drug-likeness (QED) is 0.529. The zero-order chi connectivity index (χ0) is 21.0. The van der Waals surface area contributed by atoms with Gasteiger partial charge in [-0.3, -0.25) is 0 Å². The molecule has 0 bridgehead atoms. The third-order valence-corrected chi connectivity index (χ3v) is 6.31. The minimum Gasteiger partial charge on any atom is -0.494 e. The number of sulfonamides is 1. The van der Waals surface area contributed by atoms with Crippen molar-refractivity contribution in [3.63, 3.8) is 0 Å². The summed E-state index contributed by atoms with van der Waals surface area (Å²) in [5.74, 6) is 0.506. The van der Waals surface area contributed by atoms with Crippen LogP contribution in [0.5, 0.6) is 11.5 Å². The number of rotatable bonds is 6. The van der Waals surface area contributed by atoms with Crippen LogP contribution in [0, 0.1) is 0 Å². The molecule has 7 nitrogen and oxygen atoms in total. The molecule has 2 atom stereocenters. The Morgan fingerprint density at radius 3 is 2.10 bits per heavy atom. The topological polar surface area (TPSA) is 82.1 Å². The fraction of sp³-hybridized carbons (Fsp3) is 0.381. The number of morpholine rings is 1. The molecule has 156 valence electrons. The van der Waals surface area contributed by atoms with E-state index in [9.17, 15) is 13.2 Å². The molecular weight excluding hydrogens is 394 g/mol. The highest BCUT2D eigenvalue weighted by Crippen LogP contribution is 2.22. The van der Waals surface area contributed by atoms with Gasteiger partial charge in [0.15, 0.2) is 0 Å². The number of carbonyl (C=O) groups excluding carboxylic acids is 1. The molecule has 1 fully saturated rings. The standard InChI is InChI=1S/C21H25NO6S/c1-4-26-18-7-9-19(10-8-18)28-21(23)17-5-11-20(12-6-17)29(24,25)22-13-15(2)27-16(3)14-22/h5-12,15-16H,4,13-14H2,1-3H3/t15-,16-/m1/s1. The second-order valence-corrected chi connectivity index (χ2v) is 8.84. The van der Waals surface area contributed by atoms with Crippen molar-refractivity contribution in [2.75, 3.05) is 19.7 Å². The van der Waals surface area contributed by atoms with Crippen molar-refractivity contribution in [2.45, 2.75) is 37.9 Å². The Morgan fingerprint density at radius 2 is 1.55 bits per heavy atom.